The molecule has 3 rings (SSSR count). The van der Waals surface area contributed by atoms with Gasteiger partial charge >= 0.3 is 0 Å². The predicted octanol–water partition coefficient (Wildman–Crippen LogP) is 3.94. The van der Waals surface area contributed by atoms with E-state index in [0.29, 0.717) is 25.1 Å². The number of hydrogen-bond donors (Lipinski definition) is 1. The van der Waals surface area contributed by atoms with Gasteiger partial charge in [0.15, 0.2) is 0 Å². The summed E-state index contributed by atoms with van der Waals surface area (Å²) >= 11 is 3.49. The largest absolute Gasteiger partial charge is 0.497 e. The average Bonchev–Trinajstić information content (AvgIpc) is 3.04. The number of rotatable bonds is 5. The van der Waals surface area contributed by atoms with Crippen molar-refractivity contribution in [1.82, 2.24) is 0 Å². The van der Waals surface area contributed by atoms with Crippen LogP contribution >= 0.6 is 15.9 Å². The SMILES string of the molecule is COc1ccc(CCC(=O)Nc2cc(Br)cc3c2N(C(C)=O)CC3)cc1. The Bertz CT molecular complexity index is 834. The molecule has 0 saturated heterocycles. The number of fused-ring (bicyclic) bond motifs is 1. The van der Waals surface area contributed by atoms with Gasteiger partial charge < -0.3 is 15.0 Å². The number of ether oxygens (including phenoxy) is 1. The monoisotopic (exact) mass is 416 g/mol. The van der Waals surface area contributed by atoms with Crippen molar-refractivity contribution < 1.29 is 14.3 Å². The third-order valence-corrected chi connectivity index (χ3v) is 4.94. The number of carbonyl (C=O) groups excluding carboxylic acids is 2. The zero-order valence-electron chi connectivity index (χ0n) is 14.8. The number of carbonyl (C=O) groups is 2. The van der Waals surface area contributed by atoms with Gasteiger partial charge in [-0.1, -0.05) is 28.1 Å². The molecule has 2 aromatic carbocycles. The van der Waals surface area contributed by atoms with Crippen LogP contribution in [0.4, 0.5) is 11.4 Å². The number of nitrogens with one attached hydrogen (secondary N) is 1. The molecule has 2 amide bonds. The lowest BCUT2D eigenvalue weighted by Gasteiger charge is -2.19. The number of nitrogens with zero attached hydrogens (tertiary/aromatic N) is 1. The number of methoxy groups -OCH3 is 1. The maximum absolute atomic E-state index is 12.4. The van der Waals surface area contributed by atoms with Gasteiger partial charge in [0, 0.05) is 24.4 Å². The van der Waals surface area contributed by atoms with Gasteiger partial charge in [-0.25, -0.2) is 0 Å². The van der Waals surface area contributed by atoms with Crippen LogP contribution in [0.25, 0.3) is 0 Å². The third-order valence-electron chi connectivity index (χ3n) is 4.48. The van der Waals surface area contributed by atoms with Crippen molar-refractivity contribution in [2.24, 2.45) is 0 Å². The minimum Gasteiger partial charge on any atom is -0.497 e. The number of benzene rings is 2. The standard InChI is InChI=1S/C20H21BrN2O3/c1-13(24)23-10-9-15-11-16(21)12-18(20(15)23)22-19(25)8-5-14-3-6-17(26-2)7-4-14/h3-4,6-7,11-12H,5,8-10H2,1-2H3,(H,22,25). The molecule has 0 radical (unpaired) electrons. The van der Waals surface area contributed by atoms with Crippen LogP contribution in [0.5, 0.6) is 5.75 Å². The van der Waals surface area contributed by atoms with Crippen LogP contribution in [-0.4, -0.2) is 25.5 Å². The van der Waals surface area contributed by atoms with Crippen molar-refractivity contribution in [1.29, 1.82) is 0 Å². The number of amides is 2. The van der Waals surface area contributed by atoms with Gasteiger partial charge in [0.25, 0.3) is 0 Å². The summed E-state index contributed by atoms with van der Waals surface area (Å²) in [6, 6.07) is 11.6. The minimum atomic E-state index is -0.0727. The summed E-state index contributed by atoms with van der Waals surface area (Å²) < 4.78 is 6.04. The molecule has 0 aromatic heterocycles. The molecule has 0 atom stereocenters. The Labute approximate surface area is 161 Å². The van der Waals surface area contributed by atoms with Gasteiger partial charge in [0.2, 0.25) is 11.8 Å². The molecule has 0 saturated carbocycles. The summed E-state index contributed by atoms with van der Waals surface area (Å²) in [6.45, 7) is 2.20. The van der Waals surface area contributed by atoms with Crippen molar-refractivity contribution in [3.63, 3.8) is 0 Å². The molecule has 2 aromatic rings. The first-order valence-electron chi connectivity index (χ1n) is 8.51. The molecule has 0 aliphatic carbocycles. The van der Waals surface area contributed by atoms with Crippen LogP contribution in [0.15, 0.2) is 40.9 Å². The molecule has 0 fully saturated rings. The van der Waals surface area contributed by atoms with Crippen LogP contribution < -0.4 is 15.0 Å². The van der Waals surface area contributed by atoms with Crippen LogP contribution in [0.2, 0.25) is 0 Å². The Morgan fingerprint density at radius 2 is 1.96 bits per heavy atom. The molecule has 136 valence electrons. The Kier molecular flexibility index (Phi) is 5.61. The molecule has 5 nitrogen and oxygen atoms in total. The first-order chi connectivity index (χ1) is 12.5. The fourth-order valence-corrected chi connectivity index (χ4v) is 3.69. The van der Waals surface area contributed by atoms with Crippen LogP contribution in [0.1, 0.15) is 24.5 Å². The summed E-state index contributed by atoms with van der Waals surface area (Å²) in [5.74, 6) is 0.712. The number of hydrogen-bond acceptors (Lipinski definition) is 3. The van der Waals surface area contributed by atoms with E-state index in [1.165, 1.54) is 0 Å². The Hall–Kier alpha value is -2.34. The van der Waals surface area contributed by atoms with Crippen molar-refractivity contribution in [2.45, 2.75) is 26.2 Å². The van der Waals surface area contributed by atoms with E-state index in [1.54, 1.807) is 18.9 Å². The van der Waals surface area contributed by atoms with Crippen molar-refractivity contribution in [2.75, 3.05) is 23.9 Å². The number of anilines is 2. The second-order valence-electron chi connectivity index (χ2n) is 6.28. The van der Waals surface area contributed by atoms with Gasteiger partial charge in [-0.05, 0) is 48.2 Å². The Balaban J connectivity index is 1.70. The molecule has 6 heteroatoms. The fourth-order valence-electron chi connectivity index (χ4n) is 3.18. The molecule has 1 N–H and O–H groups in total. The maximum Gasteiger partial charge on any atom is 0.224 e. The molecule has 26 heavy (non-hydrogen) atoms. The van der Waals surface area contributed by atoms with E-state index in [1.807, 2.05) is 36.4 Å². The molecule has 0 spiro atoms. The Morgan fingerprint density at radius 3 is 2.62 bits per heavy atom. The van der Waals surface area contributed by atoms with Crippen LogP contribution in [-0.2, 0) is 22.4 Å². The highest BCUT2D eigenvalue weighted by molar-refractivity contribution is 9.10. The normalized spacial score (nSPS) is 12.7. The zero-order valence-corrected chi connectivity index (χ0v) is 16.4. The topological polar surface area (TPSA) is 58.6 Å². The molecular formula is C20H21BrN2O3. The lowest BCUT2D eigenvalue weighted by Crippen LogP contribution is -2.27. The van der Waals surface area contributed by atoms with E-state index in [2.05, 4.69) is 21.2 Å². The zero-order chi connectivity index (χ0) is 18.7. The van der Waals surface area contributed by atoms with Gasteiger partial charge in [0.05, 0.1) is 18.5 Å². The van der Waals surface area contributed by atoms with Crippen molar-refractivity contribution in [3.05, 3.63) is 52.0 Å². The van der Waals surface area contributed by atoms with E-state index in [4.69, 9.17) is 4.74 Å². The molecule has 1 heterocycles. The second-order valence-corrected chi connectivity index (χ2v) is 7.19. The fraction of sp³-hybridized carbons (Fsp3) is 0.300. The maximum atomic E-state index is 12.4. The lowest BCUT2D eigenvalue weighted by atomic mass is 10.1. The summed E-state index contributed by atoms with van der Waals surface area (Å²) in [5, 5.41) is 2.97. The van der Waals surface area contributed by atoms with Crippen LogP contribution in [0.3, 0.4) is 0 Å². The van der Waals surface area contributed by atoms with Gasteiger partial charge in [-0.2, -0.15) is 0 Å². The van der Waals surface area contributed by atoms with Gasteiger partial charge in [-0.15, -0.1) is 0 Å². The first kappa shape index (κ1) is 18.5. The van der Waals surface area contributed by atoms with Gasteiger partial charge in [0.1, 0.15) is 5.75 Å². The van der Waals surface area contributed by atoms with E-state index < -0.39 is 0 Å². The minimum absolute atomic E-state index is 0.0141. The van der Waals surface area contributed by atoms with E-state index in [9.17, 15) is 9.59 Å². The summed E-state index contributed by atoms with van der Waals surface area (Å²) in [5.41, 5.74) is 3.64. The molecule has 1 aliphatic heterocycles. The molecular weight excluding hydrogens is 396 g/mol. The highest BCUT2D eigenvalue weighted by atomic mass is 79.9. The summed E-state index contributed by atoms with van der Waals surface area (Å²) in [6.07, 6.45) is 1.80. The van der Waals surface area contributed by atoms with Crippen LogP contribution in [0, 0.1) is 0 Å². The smallest absolute Gasteiger partial charge is 0.224 e. The lowest BCUT2D eigenvalue weighted by molar-refractivity contribution is -0.117. The van der Waals surface area contributed by atoms with E-state index >= 15 is 0 Å². The van der Waals surface area contributed by atoms with E-state index in [-0.39, 0.29) is 11.8 Å². The van der Waals surface area contributed by atoms with Gasteiger partial charge in [-0.3, -0.25) is 9.59 Å². The highest BCUT2D eigenvalue weighted by Crippen LogP contribution is 2.38. The predicted molar refractivity (Wildman–Crippen MR) is 106 cm³/mol. The molecule has 0 unspecified atom stereocenters. The van der Waals surface area contributed by atoms with Crippen molar-refractivity contribution >= 4 is 39.1 Å². The molecule has 0 bridgehead atoms. The number of aryl methyl sites for hydroxylation is 1. The first-order valence-corrected chi connectivity index (χ1v) is 9.30. The summed E-state index contributed by atoms with van der Waals surface area (Å²) in [7, 11) is 1.63. The van der Waals surface area contributed by atoms with E-state index in [0.717, 1.165) is 33.5 Å². The highest BCUT2D eigenvalue weighted by Gasteiger charge is 2.26. The number of halogens is 1. The second kappa shape index (κ2) is 7.91. The Morgan fingerprint density at radius 1 is 1.23 bits per heavy atom. The summed E-state index contributed by atoms with van der Waals surface area (Å²) in [4.78, 5) is 26.1. The van der Waals surface area contributed by atoms with Crippen molar-refractivity contribution in [3.8, 4) is 5.75 Å². The quantitative estimate of drug-likeness (QED) is 0.802. The molecule has 1 aliphatic rings. The average molecular weight is 417 g/mol. The third kappa shape index (κ3) is 4.07.